The van der Waals surface area contributed by atoms with Gasteiger partial charge in [-0.15, -0.1) is 0 Å². The number of hydrogen-bond acceptors (Lipinski definition) is 6. The Kier molecular flexibility index (Phi) is 5.33. The SMILES string of the molecule is COC(=O)CCCCC1SCC2C1NC(=O)N2C(=O)OC. The monoisotopic (exact) mass is 316 g/mol. The van der Waals surface area contributed by atoms with Crippen molar-refractivity contribution >= 4 is 29.9 Å². The molecule has 2 heterocycles. The molecular formula is C13H20N2O5S. The number of imide groups is 1. The van der Waals surface area contributed by atoms with Gasteiger partial charge in [0, 0.05) is 17.4 Å². The second-order valence-corrected chi connectivity index (χ2v) is 6.35. The maximum atomic E-state index is 11.8. The lowest BCUT2D eigenvalue weighted by Gasteiger charge is -2.18. The molecule has 0 bridgehead atoms. The molecule has 0 aromatic rings. The molecule has 2 rings (SSSR count). The number of nitrogens with zero attached hydrogens (tertiary/aromatic N) is 1. The Labute approximate surface area is 127 Å². The highest BCUT2D eigenvalue weighted by Crippen LogP contribution is 2.37. The number of amides is 3. The summed E-state index contributed by atoms with van der Waals surface area (Å²) in [5, 5.41) is 3.14. The van der Waals surface area contributed by atoms with Gasteiger partial charge in [-0.05, 0) is 12.8 Å². The van der Waals surface area contributed by atoms with Crippen LogP contribution < -0.4 is 5.32 Å². The number of carbonyl (C=O) groups excluding carboxylic acids is 3. The van der Waals surface area contributed by atoms with E-state index in [2.05, 4.69) is 14.8 Å². The predicted molar refractivity (Wildman–Crippen MR) is 77.1 cm³/mol. The maximum absolute atomic E-state index is 11.8. The van der Waals surface area contributed by atoms with Crippen LogP contribution in [0.3, 0.4) is 0 Å². The van der Waals surface area contributed by atoms with Gasteiger partial charge in [0.2, 0.25) is 0 Å². The summed E-state index contributed by atoms with van der Waals surface area (Å²) in [6, 6.07) is -0.544. The number of fused-ring (bicyclic) bond motifs is 1. The molecule has 8 heteroatoms. The third kappa shape index (κ3) is 3.42. The Morgan fingerprint density at radius 1 is 1.33 bits per heavy atom. The number of methoxy groups -OCH3 is 2. The topological polar surface area (TPSA) is 84.9 Å². The molecule has 7 nitrogen and oxygen atoms in total. The molecule has 0 saturated carbocycles. The van der Waals surface area contributed by atoms with Crippen LogP contribution in [0.4, 0.5) is 9.59 Å². The highest BCUT2D eigenvalue weighted by molar-refractivity contribution is 8.00. The minimum absolute atomic E-state index is 0.0280. The first-order valence-corrected chi connectivity index (χ1v) is 7.99. The van der Waals surface area contributed by atoms with Crippen LogP contribution in [0.5, 0.6) is 0 Å². The van der Waals surface area contributed by atoms with Gasteiger partial charge >= 0.3 is 18.1 Å². The summed E-state index contributed by atoms with van der Waals surface area (Å²) in [7, 11) is 2.66. The van der Waals surface area contributed by atoms with Gasteiger partial charge in [0.1, 0.15) is 0 Å². The van der Waals surface area contributed by atoms with E-state index in [-0.39, 0.29) is 29.3 Å². The van der Waals surface area contributed by atoms with Crippen LogP contribution in [0.1, 0.15) is 25.7 Å². The van der Waals surface area contributed by atoms with Crippen LogP contribution in [0, 0.1) is 0 Å². The first-order valence-electron chi connectivity index (χ1n) is 6.94. The summed E-state index contributed by atoms with van der Waals surface area (Å²) in [6.45, 7) is 0. The van der Waals surface area contributed by atoms with Gasteiger partial charge in [-0.2, -0.15) is 11.8 Å². The third-order valence-corrected chi connectivity index (χ3v) is 5.35. The van der Waals surface area contributed by atoms with Crippen molar-refractivity contribution < 1.29 is 23.9 Å². The van der Waals surface area contributed by atoms with E-state index in [0.717, 1.165) is 25.0 Å². The van der Waals surface area contributed by atoms with E-state index in [4.69, 9.17) is 0 Å². The molecular weight excluding hydrogens is 296 g/mol. The molecule has 3 amide bonds. The summed E-state index contributed by atoms with van der Waals surface area (Å²) in [5.41, 5.74) is 0. The molecule has 3 unspecified atom stereocenters. The first kappa shape index (κ1) is 15.9. The fourth-order valence-corrected chi connectivity index (χ4v) is 4.35. The Morgan fingerprint density at radius 2 is 2.10 bits per heavy atom. The smallest absolute Gasteiger partial charge is 0.418 e. The van der Waals surface area contributed by atoms with E-state index in [1.165, 1.54) is 19.1 Å². The Bertz CT molecular complexity index is 431. The molecule has 21 heavy (non-hydrogen) atoms. The zero-order valence-corrected chi connectivity index (χ0v) is 13.0. The molecule has 0 aliphatic carbocycles. The van der Waals surface area contributed by atoms with Gasteiger partial charge < -0.3 is 14.8 Å². The fourth-order valence-electron chi connectivity index (χ4n) is 2.76. The standard InChI is InChI=1S/C13H20N2O5S/c1-19-10(16)6-4-3-5-9-11-8(7-21-9)15(12(17)14-11)13(18)20-2/h8-9,11H,3-7H2,1-2H3,(H,14,17). The van der Waals surface area contributed by atoms with Crippen LogP contribution in [-0.4, -0.2) is 60.3 Å². The Hall–Kier alpha value is -1.44. The lowest BCUT2D eigenvalue weighted by Crippen LogP contribution is -2.41. The molecule has 0 spiro atoms. The van der Waals surface area contributed by atoms with Crippen LogP contribution in [0.15, 0.2) is 0 Å². The predicted octanol–water partition coefficient (Wildman–Crippen LogP) is 1.36. The number of hydrogen-bond donors (Lipinski definition) is 1. The van der Waals surface area contributed by atoms with Crippen molar-refractivity contribution in [2.24, 2.45) is 0 Å². The second-order valence-electron chi connectivity index (χ2n) is 5.08. The van der Waals surface area contributed by atoms with E-state index >= 15 is 0 Å². The lowest BCUT2D eigenvalue weighted by atomic mass is 10.0. The molecule has 118 valence electrons. The number of carbonyl (C=O) groups is 3. The third-order valence-electron chi connectivity index (χ3n) is 3.86. The maximum Gasteiger partial charge on any atom is 0.418 e. The van der Waals surface area contributed by atoms with Crippen molar-refractivity contribution in [3.05, 3.63) is 0 Å². The molecule has 3 atom stereocenters. The molecule has 2 fully saturated rings. The quantitative estimate of drug-likeness (QED) is 0.468. The van der Waals surface area contributed by atoms with Gasteiger partial charge in [0.15, 0.2) is 0 Å². The molecule has 2 saturated heterocycles. The summed E-state index contributed by atoms with van der Waals surface area (Å²) in [6.07, 6.45) is 2.38. The lowest BCUT2D eigenvalue weighted by molar-refractivity contribution is -0.140. The largest absolute Gasteiger partial charge is 0.469 e. The fraction of sp³-hybridized carbons (Fsp3) is 0.769. The zero-order chi connectivity index (χ0) is 15.4. The van der Waals surface area contributed by atoms with Crippen molar-refractivity contribution in [1.82, 2.24) is 10.2 Å². The average Bonchev–Trinajstić information content (AvgIpc) is 3.00. The number of thioether (sulfide) groups is 1. The Balaban J connectivity index is 1.82. The number of esters is 1. The van der Waals surface area contributed by atoms with Crippen molar-refractivity contribution in [1.29, 1.82) is 0 Å². The zero-order valence-electron chi connectivity index (χ0n) is 12.2. The van der Waals surface area contributed by atoms with E-state index in [1.54, 1.807) is 11.8 Å². The molecule has 1 N–H and O–H groups in total. The summed E-state index contributed by atoms with van der Waals surface area (Å²) in [5.74, 6) is 0.526. The number of ether oxygens (including phenoxy) is 2. The van der Waals surface area contributed by atoms with E-state index in [1.807, 2.05) is 0 Å². The minimum Gasteiger partial charge on any atom is -0.469 e. The average molecular weight is 316 g/mol. The van der Waals surface area contributed by atoms with Crippen LogP contribution >= 0.6 is 11.8 Å². The van der Waals surface area contributed by atoms with E-state index in [0.29, 0.717) is 6.42 Å². The summed E-state index contributed by atoms with van der Waals surface area (Å²) < 4.78 is 9.25. The molecule has 0 aromatic heterocycles. The van der Waals surface area contributed by atoms with Gasteiger partial charge in [-0.1, -0.05) is 6.42 Å². The van der Waals surface area contributed by atoms with Crippen molar-refractivity contribution in [3.8, 4) is 0 Å². The van der Waals surface area contributed by atoms with Gasteiger partial charge in [0.25, 0.3) is 0 Å². The second kappa shape index (κ2) is 7.02. The van der Waals surface area contributed by atoms with Crippen molar-refractivity contribution in [2.45, 2.75) is 43.0 Å². The van der Waals surface area contributed by atoms with Crippen molar-refractivity contribution in [3.63, 3.8) is 0 Å². The van der Waals surface area contributed by atoms with Gasteiger partial charge in [-0.3, -0.25) is 4.79 Å². The first-order chi connectivity index (χ1) is 10.1. The summed E-state index contributed by atoms with van der Waals surface area (Å²) in [4.78, 5) is 35.7. The number of urea groups is 1. The van der Waals surface area contributed by atoms with Gasteiger partial charge in [0.05, 0.1) is 26.3 Å². The highest BCUT2D eigenvalue weighted by atomic mass is 32.2. The molecule has 2 aliphatic heterocycles. The highest BCUT2D eigenvalue weighted by Gasteiger charge is 2.50. The van der Waals surface area contributed by atoms with Crippen LogP contribution in [0.25, 0.3) is 0 Å². The minimum atomic E-state index is -0.605. The van der Waals surface area contributed by atoms with E-state index in [9.17, 15) is 14.4 Å². The number of unbranched alkanes of at least 4 members (excludes halogenated alkanes) is 1. The van der Waals surface area contributed by atoms with Gasteiger partial charge in [-0.25, -0.2) is 14.5 Å². The Morgan fingerprint density at radius 3 is 2.76 bits per heavy atom. The van der Waals surface area contributed by atoms with Crippen LogP contribution in [-0.2, 0) is 14.3 Å². The molecule has 0 radical (unpaired) electrons. The number of nitrogens with one attached hydrogen (secondary N) is 1. The summed E-state index contributed by atoms with van der Waals surface area (Å²) >= 11 is 1.75. The number of rotatable bonds is 5. The van der Waals surface area contributed by atoms with Crippen molar-refractivity contribution in [2.75, 3.05) is 20.0 Å². The normalized spacial score (nSPS) is 27.2. The molecule has 0 aromatic carbocycles. The van der Waals surface area contributed by atoms with E-state index < -0.39 is 6.09 Å². The molecule has 2 aliphatic rings. The van der Waals surface area contributed by atoms with Crippen LogP contribution in [0.2, 0.25) is 0 Å².